The molecule has 0 radical (unpaired) electrons. The molecule has 1 aromatic carbocycles. The first kappa shape index (κ1) is 21.1. The van der Waals surface area contributed by atoms with E-state index in [4.69, 9.17) is 0 Å². The number of hydrogen-bond donors (Lipinski definition) is 2. The lowest BCUT2D eigenvalue weighted by Gasteiger charge is -2.16. The van der Waals surface area contributed by atoms with Crippen molar-refractivity contribution in [2.24, 2.45) is 0 Å². The molecular weight excluding hydrogens is 414 g/mol. The Morgan fingerprint density at radius 1 is 1.18 bits per heavy atom. The third-order valence-corrected chi connectivity index (χ3v) is 5.87. The van der Waals surface area contributed by atoms with Crippen molar-refractivity contribution in [1.29, 1.82) is 0 Å². The number of aryl methyl sites for hydroxylation is 1. The first-order valence-corrected chi connectivity index (χ1v) is 11.4. The van der Waals surface area contributed by atoms with Crippen molar-refractivity contribution in [1.82, 2.24) is 24.7 Å². The van der Waals surface area contributed by atoms with Gasteiger partial charge in [-0.3, -0.25) is 14.5 Å². The number of pyridine rings is 1. The third-order valence-electron chi connectivity index (χ3n) is 5.87. The van der Waals surface area contributed by atoms with Crippen LogP contribution < -0.4 is 10.6 Å². The van der Waals surface area contributed by atoms with Gasteiger partial charge in [-0.15, -0.1) is 0 Å². The van der Waals surface area contributed by atoms with E-state index in [0.29, 0.717) is 17.4 Å². The van der Waals surface area contributed by atoms with Crippen LogP contribution in [0.15, 0.2) is 55.0 Å². The van der Waals surface area contributed by atoms with E-state index in [1.54, 1.807) is 6.20 Å². The molecule has 1 aliphatic rings. The van der Waals surface area contributed by atoms with Crippen molar-refractivity contribution in [3.05, 3.63) is 71.8 Å². The fourth-order valence-corrected chi connectivity index (χ4v) is 3.84. The highest BCUT2D eigenvalue weighted by Gasteiger charge is 2.23. The van der Waals surface area contributed by atoms with Gasteiger partial charge in [-0.25, -0.2) is 9.97 Å². The van der Waals surface area contributed by atoms with Crippen LogP contribution in [0.4, 0.5) is 11.5 Å². The van der Waals surface area contributed by atoms with Crippen molar-refractivity contribution in [3.8, 4) is 0 Å². The summed E-state index contributed by atoms with van der Waals surface area (Å²) in [5.74, 6) is 1.24. The largest absolute Gasteiger partial charge is 0.362 e. The molecule has 8 nitrogen and oxygen atoms in total. The van der Waals surface area contributed by atoms with Crippen molar-refractivity contribution >= 4 is 28.6 Å². The minimum atomic E-state index is -0.0812. The minimum Gasteiger partial charge on any atom is -0.362 e. The number of amides is 1. The van der Waals surface area contributed by atoms with E-state index in [0.717, 1.165) is 29.0 Å². The normalized spacial score (nSPS) is 14.2. The van der Waals surface area contributed by atoms with E-state index >= 15 is 0 Å². The van der Waals surface area contributed by atoms with Crippen molar-refractivity contribution < 1.29 is 4.79 Å². The molecule has 0 unspecified atom stereocenters. The van der Waals surface area contributed by atoms with E-state index < -0.39 is 0 Å². The molecule has 0 spiro atoms. The Bertz CT molecular complexity index is 1280. The Balaban J connectivity index is 1.22. The quantitative estimate of drug-likeness (QED) is 0.419. The van der Waals surface area contributed by atoms with Crippen molar-refractivity contribution in [3.63, 3.8) is 0 Å². The van der Waals surface area contributed by atoms with Gasteiger partial charge in [0.1, 0.15) is 11.3 Å². The smallest absolute Gasteiger partial charge is 0.230 e. The molecule has 0 bridgehead atoms. The summed E-state index contributed by atoms with van der Waals surface area (Å²) >= 11 is 0. The van der Waals surface area contributed by atoms with Crippen LogP contribution >= 0.6 is 0 Å². The van der Waals surface area contributed by atoms with E-state index in [1.165, 1.54) is 18.4 Å². The van der Waals surface area contributed by atoms with Gasteiger partial charge < -0.3 is 10.6 Å². The maximum absolute atomic E-state index is 12.5. The van der Waals surface area contributed by atoms with Gasteiger partial charge in [0, 0.05) is 24.1 Å². The topological polar surface area (TPSA) is 97.6 Å². The van der Waals surface area contributed by atoms with E-state index in [1.807, 2.05) is 61.3 Å². The first-order valence-electron chi connectivity index (χ1n) is 11.4. The second kappa shape index (κ2) is 8.97. The summed E-state index contributed by atoms with van der Waals surface area (Å²) in [6.07, 6.45) is 8.25. The van der Waals surface area contributed by atoms with Gasteiger partial charge in [-0.05, 0) is 61.9 Å². The predicted octanol–water partition coefficient (Wildman–Crippen LogP) is 4.47. The summed E-state index contributed by atoms with van der Waals surface area (Å²) in [7, 11) is 0. The fraction of sp³-hybridized carbons (Fsp3) is 0.320. The number of carbonyl (C=O) groups excluding carboxylic acids is 1. The van der Waals surface area contributed by atoms with Crippen LogP contribution in [-0.2, 0) is 17.8 Å². The lowest BCUT2D eigenvalue weighted by Crippen LogP contribution is -2.16. The van der Waals surface area contributed by atoms with E-state index in [-0.39, 0.29) is 18.4 Å². The number of fused-ring (bicyclic) bond motifs is 1. The number of nitrogens with zero attached hydrogens (tertiary/aromatic N) is 5. The average Bonchev–Trinajstić information content (AvgIpc) is 3.58. The lowest BCUT2D eigenvalue weighted by molar-refractivity contribution is -0.115. The van der Waals surface area contributed by atoms with Gasteiger partial charge >= 0.3 is 0 Å². The molecule has 1 saturated carbocycles. The molecule has 1 amide bonds. The molecule has 8 heteroatoms. The van der Waals surface area contributed by atoms with Crippen LogP contribution in [0.3, 0.4) is 0 Å². The van der Waals surface area contributed by atoms with Crippen molar-refractivity contribution in [2.75, 3.05) is 10.6 Å². The Hall–Kier alpha value is -3.81. The van der Waals surface area contributed by atoms with Crippen molar-refractivity contribution in [2.45, 2.75) is 51.6 Å². The van der Waals surface area contributed by atoms with Crippen LogP contribution in [0.1, 0.15) is 55.5 Å². The zero-order chi connectivity index (χ0) is 22.8. The molecule has 2 N–H and O–H groups in total. The molecular formula is C25H27N7O. The second-order valence-corrected chi connectivity index (χ2v) is 8.52. The van der Waals surface area contributed by atoms with Gasteiger partial charge in [0.05, 0.1) is 24.9 Å². The van der Waals surface area contributed by atoms with Crippen LogP contribution in [0, 0.1) is 0 Å². The standard InChI is InChI=1S/C25H27N7O/c1-3-32-15-22-25(31-32)30-23(14-27-22)28-16(2)18-5-4-6-21(11-18)29-24(33)12-20-10-9-19(13-26-20)17-7-8-17/h4-6,9-11,13-17H,3,7-8,12H2,1-2H3,(H,29,33)(H,28,30,31)/t16-/m0/s1. The molecule has 3 aromatic heterocycles. The summed E-state index contributed by atoms with van der Waals surface area (Å²) in [4.78, 5) is 26.0. The Morgan fingerprint density at radius 3 is 2.82 bits per heavy atom. The highest BCUT2D eigenvalue weighted by Crippen LogP contribution is 2.39. The number of nitrogens with one attached hydrogen (secondary N) is 2. The van der Waals surface area contributed by atoms with E-state index in [9.17, 15) is 4.79 Å². The summed E-state index contributed by atoms with van der Waals surface area (Å²) in [5.41, 5.74) is 5.23. The second-order valence-electron chi connectivity index (χ2n) is 8.52. The van der Waals surface area contributed by atoms with Gasteiger partial charge in [0.15, 0.2) is 0 Å². The average molecular weight is 442 g/mol. The molecule has 168 valence electrons. The highest BCUT2D eigenvalue weighted by atomic mass is 16.1. The summed E-state index contributed by atoms with van der Waals surface area (Å²) in [6.45, 7) is 4.85. The number of benzene rings is 1. The van der Waals surface area contributed by atoms with Gasteiger partial charge in [-0.1, -0.05) is 18.2 Å². The summed E-state index contributed by atoms with van der Waals surface area (Å²) in [6, 6.07) is 11.8. The molecule has 3 heterocycles. The predicted molar refractivity (Wildman–Crippen MR) is 128 cm³/mol. The zero-order valence-corrected chi connectivity index (χ0v) is 18.8. The Morgan fingerprint density at radius 2 is 2.06 bits per heavy atom. The monoisotopic (exact) mass is 441 g/mol. The summed E-state index contributed by atoms with van der Waals surface area (Å²) < 4.78 is 1.82. The summed E-state index contributed by atoms with van der Waals surface area (Å²) in [5, 5.41) is 10.8. The zero-order valence-electron chi connectivity index (χ0n) is 18.8. The molecule has 0 saturated heterocycles. The number of anilines is 2. The molecule has 1 atom stereocenters. The Kier molecular flexibility index (Phi) is 5.73. The van der Waals surface area contributed by atoms with Gasteiger partial charge in [0.25, 0.3) is 0 Å². The first-order chi connectivity index (χ1) is 16.1. The van der Waals surface area contributed by atoms with E-state index in [2.05, 4.69) is 36.8 Å². The number of hydrogen-bond acceptors (Lipinski definition) is 6. The van der Waals surface area contributed by atoms with Crippen LogP contribution in [0.25, 0.3) is 11.2 Å². The van der Waals surface area contributed by atoms with Crippen LogP contribution in [0.2, 0.25) is 0 Å². The molecule has 5 rings (SSSR count). The number of aromatic nitrogens is 5. The molecule has 33 heavy (non-hydrogen) atoms. The molecule has 4 aromatic rings. The van der Waals surface area contributed by atoms with Gasteiger partial charge in [-0.2, -0.15) is 5.10 Å². The van der Waals surface area contributed by atoms with Crippen LogP contribution in [-0.4, -0.2) is 30.6 Å². The number of carbonyl (C=O) groups is 1. The van der Waals surface area contributed by atoms with Crippen LogP contribution in [0.5, 0.6) is 0 Å². The number of rotatable bonds is 8. The third kappa shape index (κ3) is 5.00. The lowest BCUT2D eigenvalue weighted by atomic mass is 10.1. The minimum absolute atomic E-state index is 0.0292. The molecule has 1 fully saturated rings. The molecule has 0 aliphatic heterocycles. The molecule has 1 aliphatic carbocycles. The fourth-order valence-electron chi connectivity index (χ4n) is 3.84. The SMILES string of the molecule is CCn1cc2ncc(N[C@@H](C)c3cccc(NC(=O)Cc4ccc(C5CC5)cn4)c3)nc2n1. The maximum Gasteiger partial charge on any atom is 0.230 e. The maximum atomic E-state index is 12.5. The van der Waals surface area contributed by atoms with Gasteiger partial charge in [0.2, 0.25) is 11.6 Å². The highest BCUT2D eigenvalue weighted by molar-refractivity contribution is 5.92. The Labute approximate surface area is 192 Å².